The maximum atomic E-state index is 12.9. The number of hydrogen-bond acceptors (Lipinski definition) is 1. The predicted octanol–water partition coefficient (Wildman–Crippen LogP) is 4.47. The molecule has 0 N–H and O–H groups in total. The van der Waals surface area contributed by atoms with Gasteiger partial charge in [0.05, 0.1) is 0 Å². The summed E-state index contributed by atoms with van der Waals surface area (Å²) in [4.78, 5) is 14.6. The molecule has 101 valence electrons. The van der Waals surface area contributed by atoms with Gasteiger partial charge in [0.25, 0.3) is 5.91 Å². The van der Waals surface area contributed by atoms with Crippen molar-refractivity contribution in [2.75, 3.05) is 4.90 Å². The standard InChI is InChI=1S/C19H14NO/c21-19(16-10-4-1-5-11-16)20(17-12-6-2-7-13-17)18-14-8-3-9-15-18/h2-15H. The maximum absolute atomic E-state index is 12.9. The number of nitrogens with zero attached hydrogens (tertiary/aromatic N) is 1. The van der Waals surface area contributed by atoms with Crippen LogP contribution in [0.2, 0.25) is 0 Å². The van der Waals surface area contributed by atoms with Gasteiger partial charge >= 0.3 is 0 Å². The van der Waals surface area contributed by atoms with Gasteiger partial charge < -0.3 is 0 Å². The van der Waals surface area contributed by atoms with E-state index in [-0.39, 0.29) is 5.91 Å². The monoisotopic (exact) mass is 272 g/mol. The number of anilines is 2. The first-order valence-corrected chi connectivity index (χ1v) is 6.77. The zero-order valence-corrected chi connectivity index (χ0v) is 11.4. The predicted molar refractivity (Wildman–Crippen MR) is 84.6 cm³/mol. The van der Waals surface area contributed by atoms with Crippen LogP contribution in [0.15, 0.2) is 84.9 Å². The van der Waals surface area contributed by atoms with E-state index in [1.165, 1.54) is 0 Å². The number of carbonyl (C=O) groups is 1. The van der Waals surface area contributed by atoms with E-state index >= 15 is 0 Å². The normalized spacial score (nSPS) is 10.1. The van der Waals surface area contributed by atoms with Gasteiger partial charge in [-0.15, -0.1) is 0 Å². The fraction of sp³-hybridized carbons (Fsp3) is 0. The Morgan fingerprint density at radius 2 is 1.19 bits per heavy atom. The summed E-state index contributed by atoms with van der Waals surface area (Å²) in [6.07, 6.45) is 0. The molecule has 0 atom stereocenters. The Kier molecular flexibility index (Phi) is 3.79. The molecule has 0 saturated heterocycles. The quantitative estimate of drug-likeness (QED) is 0.689. The molecule has 0 aliphatic rings. The van der Waals surface area contributed by atoms with Crippen LogP contribution in [0.5, 0.6) is 0 Å². The second kappa shape index (κ2) is 6.06. The average molecular weight is 272 g/mol. The summed E-state index contributed by atoms with van der Waals surface area (Å²) in [5, 5.41) is 0. The molecule has 0 heterocycles. The van der Waals surface area contributed by atoms with Crippen molar-refractivity contribution in [3.05, 3.63) is 96.6 Å². The van der Waals surface area contributed by atoms with Crippen LogP contribution < -0.4 is 4.90 Å². The lowest BCUT2D eigenvalue weighted by Gasteiger charge is -2.23. The third-order valence-electron chi connectivity index (χ3n) is 3.20. The average Bonchev–Trinajstić information content (AvgIpc) is 2.58. The molecule has 0 unspecified atom stereocenters. The van der Waals surface area contributed by atoms with Crippen molar-refractivity contribution >= 4 is 17.3 Å². The highest BCUT2D eigenvalue weighted by molar-refractivity contribution is 6.10. The van der Waals surface area contributed by atoms with E-state index in [4.69, 9.17) is 0 Å². The first-order valence-electron chi connectivity index (χ1n) is 6.77. The molecule has 1 amide bonds. The molecule has 0 spiro atoms. The van der Waals surface area contributed by atoms with Crippen LogP contribution in [-0.4, -0.2) is 5.91 Å². The van der Waals surface area contributed by atoms with Gasteiger partial charge in [0, 0.05) is 16.9 Å². The van der Waals surface area contributed by atoms with Crippen molar-refractivity contribution in [3.63, 3.8) is 0 Å². The zero-order chi connectivity index (χ0) is 14.5. The summed E-state index contributed by atoms with van der Waals surface area (Å²) < 4.78 is 0. The van der Waals surface area contributed by atoms with E-state index in [0.717, 1.165) is 11.4 Å². The SMILES string of the molecule is O=C(c1cc[c]cc1)N(c1ccccc1)c1ccccc1. The minimum atomic E-state index is -0.0543. The highest BCUT2D eigenvalue weighted by Gasteiger charge is 2.18. The largest absolute Gasteiger partial charge is 0.277 e. The number of amides is 1. The number of para-hydroxylation sites is 2. The highest BCUT2D eigenvalue weighted by Crippen LogP contribution is 2.26. The summed E-state index contributed by atoms with van der Waals surface area (Å²) in [6.45, 7) is 0. The maximum Gasteiger partial charge on any atom is 0.262 e. The summed E-state index contributed by atoms with van der Waals surface area (Å²) in [6, 6.07) is 29.3. The van der Waals surface area contributed by atoms with Gasteiger partial charge in [-0.2, -0.15) is 0 Å². The van der Waals surface area contributed by atoms with E-state index in [1.54, 1.807) is 29.2 Å². The Balaban J connectivity index is 2.07. The van der Waals surface area contributed by atoms with E-state index in [9.17, 15) is 4.79 Å². The third-order valence-corrected chi connectivity index (χ3v) is 3.20. The van der Waals surface area contributed by atoms with Gasteiger partial charge in [-0.3, -0.25) is 9.69 Å². The van der Waals surface area contributed by atoms with Crippen LogP contribution in [0.3, 0.4) is 0 Å². The van der Waals surface area contributed by atoms with E-state index in [1.807, 2.05) is 60.7 Å². The molecule has 1 radical (unpaired) electrons. The van der Waals surface area contributed by atoms with Crippen molar-refractivity contribution < 1.29 is 4.79 Å². The van der Waals surface area contributed by atoms with Crippen LogP contribution in [0, 0.1) is 6.07 Å². The molecule has 3 rings (SSSR count). The van der Waals surface area contributed by atoms with Crippen LogP contribution in [0.25, 0.3) is 0 Å². The van der Waals surface area contributed by atoms with Crippen molar-refractivity contribution in [2.45, 2.75) is 0 Å². The number of carbonyl (C=O) groups excluding carboxylic acids is 1. The van der Waals surface area contributed by atoms with Crippen LogP contribution in [0.4, 0.5) is 11.4 Å². The van der Waals surface area contributed by atoms with E-state index in [2.05, 4.69) is 6.07 Å². The van der Waals surface area contributed by atoms with Crippen molar-refractivity contribution in [1.82, 2.24) is 0 Å². The van der Waals surface area contributed by atoms with Crippen LogP contribution in [-0.2, 0) is 0 Å². The van der Waals surface area contributed by atoms with Crippen molar-refractivity contribution in [3.8, 4) is 0 Å². The first kappa shape index (κ1) is 13.1. The molecule has 3 aromatic rings. The van der Waals surface area contributed by atoms with Gasteiger partial charge in [0.1, 0.15) is 0 Å². The Bertz CT molecular complexity index is 669. The van der Waals surface area contributed by atoms with Gasteiger partial charge in [0.15, 0.2) is 0 Å². The number of hydrogen-bond donors (Lipinski definition) is 0. The fourth-order valence-electron chi connectivity index (χ4n) is 2.20. The van der Waals surface area contributed by atoms with Gasteiger partial charge in [0.2, 0.25) is 0 Å². The van der Waals surface area contributed by atoms with Gasteiger partial charge in [-0.05, 0) is 42.5 Å². The molecule has 0 aromatic heterocycles. The van der Waals surface area contributed by atoms with Crippen LogP contribution >= 0.6 is 0 Å². The molecule has 0 aliphatic carbocycles. The highest BCUT2D eigenvalue weighted by atomic mass is 16.2. The fourth-order valence-corrected chi connectivity index (χ4v) is 2.20. The molecule has 0 aliphatic heterocycles. The third kappa shape index (κ3) is 2.84. The lowest BCUT2D eigenvalue weighted by Crippen LogP contribution is -2.25. The van der Waals surface area contributed by atoms with Crippen LogP contribution in [0.1, 0.15) is 10.4 Å². The Morgan fingerprint density at radius 1 is 0.714 bits per heavy atom. The second-order valence-electron chi connectivity index (χ2n) is 4.60. The van der Waals surface area contributed by atoms with Gasteiger partial charge in [-0.1, -0.05) is 48.5 Å². The molecule has 21 heavy (non-hydrogen) atoms. The lowest BCUT2D eigenvalue weighted by atomic mass is 10.1. The second-order valence-corrected chi connectivity index (χ2v) is 4.60. The summed E-state index contributed by atoms with van der Waals surface area (Å²) in [5.41, 5.74) is 2.34. The summed E-state index contributed by atoms with van der Waals surface area (Å²) >= 11 is 0. The zero-order valence-electron chi connectivity index (χ0n) is 11.4. The van der Waals surface area contributed by atoms with E-state index in [0.29, 0.717) is 5.56 Å². The lowest BCUT2D eigenvalue weighted by molar-refractivity contribution is 0.0999. The molecular weight excluding hydrogens is 258 g/mol. The minimum Gasteiger partial charge on any atom is -0.277 e. The summed E-state index contributed by atoms with van der Waals surface area (Å²) in [5.74, 6) is -0.0543. The number of rotatable bonds is 3. The Morgan fingerprint density at radius 3 is 1.67 bits per heavy atom. The molecular formula is C19H14NO. The molecule has 0 saturated carbocycles. The summed E-state index contributed by atoms with van der Waals surface area (Å²) in [7, 11) is 0. The number of benzene rings is 3. The smallest absolute Gasteiger partial charge is 0.262 e. The molecule has 2 heteroatoms. The molecule has 0 bridgehead atoms. The molecule has 3 aromatic carbocycles. The topological polar surface area (TPSA) is 20.3 Å². The van der Waals surface area contributed by atoms with E-state index < -0.39 is 0 Å². The molecule has 0 fully saturated rings. The van der Waals surface area contributed by atoms with Crippen molar-refractivity contribution in [1.29, 1.82) is 0 Å². The van der Waals surface area contributed by atoms with Crippen molar-refractivity contribution in [2.24, 2.45) is 0 Å². The van der Waals surface area contributed by atoms with Gasteiger partial charge in [-0.25, -0.2) is 0 Å². The Labute approximate surface area is 124 Å². The Hall–Kier alpha value is -2.87. The molecule has 2 nitrogen and oxygen atoms in total. The first-order chi connectivity index (χ1) is 10.4. The minimum absolute atomic E-state index is 0.0543.